The van der Waals surface area contributed by atoms with Crippen molar-refractivity contribution in [3.8, 4) is 6.07 Å². The van der Waals surface area contributed by atoms with Crippen molar-refractivity contribution in [2.45, 2.75) is 6.10 Å². The summed E-state index contributed by atoms with van der Waals surface area (Å²) in [5, 5.41) is 24.2. The third kappa shape index (κ3) is 3.11. The Balaban J connectivity index is 1.90. The predicted molar refractivity (Wildman–Crippen MR) is 91.4 cm³/mol. The van der Waals surface area contributed by atoms with Gasteiger partial charge in [0.1, 0.15) is 6.07 Å². The molecule has 5 heteroatoms. The van der Waals surface area contributed by atoms with Crippen LogP contribution >= 0.6 is 11.6 Å². The van der Waals surface area contributed by atoms with Crippen LogP contribution in [-0.2, 0) is 0 Å². The fourth-order valence-corrected chi connectivity index (χ4v) is 2.73. The summed E-state index contributed by atoms with van der Waals surface area (Å²) in [5.74, 6) is 0. The van der Waals surface area contributed by atoms with E-state index in [1.165, 1.54) is 6.20 Å². The normalized spacial score (nSPS) is 11.9. The van der Waals surface area contributed by atoms with Crippen molar-refractivity contribution in [3.05, 3.63) is 70.9 Å². The van der Waals surface area contributed by atoms with Gasteiger partial charge in [-0.15, -0.1) is 0 Å². The first-order chi connectivity index (χ1) is 11.2. The fourth-order valence-electron chi connectivity index (χ4n) is 2.47. The largest absolute Gasteiger partial charge is 0.387 e. The monoisotopic (exact) mass is 323 g/mol. The highest BCUT2D eigenvalue weighted by molar-refractivity contribution is 6.31. The van der Waals surface area contributed by atoms with E-state index in [2.05, 4.69) is 16.4 Å². The molecule has 0 spiro atoms. The number of rotatable bonds is 4. The first-order valence-electron chi connectivity index (χ1n) is 7.15. The van der Waals surface area contributed by atoms with Crippen molar-refractivity contribution in [1.82, 2.24) is 4.98 Å². The molecule has 114 valence electrons. The zero-order chi connectivity index (χ0) is 16.2. The molecule has 0 saturated heterocycles. The summed E-state index contributed by atoms with van der Waals surface area (Å²) < 4.78 is 0. The number of halogens is 1. The second kappa shape index (κ2) is 6.66. The summed E-state index contributed by atoms with van der Waals surface area (Å²) in [4.78, 5) is 4.27. The Morgan fingerprint density at radius 3 is 2.70 bits per heavy atom. The number of hydrogen-bond donors (Lipinski definition) is 2. The van der Waals surface area contributed by atoms with E-state index in [9.17, 15) is 10.4 Å². The minimum absolute atomic E-state index is 0.242. The highest BCUT2D eigenvalue weighted by atomic mass is 35.5. The lowest BCUT2D eigenvalue weighted by atomic mass is 10.1. The Bertz CT molecular complexity index is 889. The second-order valence-electron chi connectivity index (χ2n) is 5.09. The van der Waals surface area contributed by atoms with Crippen molar-refractivity contribution in [2.75, 3.05) is 11.9 Å². The summed E-state index contributed by atoms with van der Waals surface area (Å²) in [6.07, 6.45) is 0.759. The summed E-state index contributed by atoms with van der Waals surface area (Å²) in [6, 6.07) is 16.9. The lowest BCUT2D eigenvalue weighted by Crippen LogP contribution is -2.13. The summed E-state index contributed by atoms with van der Waals surface area (Å²) in [5.41, 5.74) is 2.55. The molecule has 0 amide bonds. The molecule has 3 aromatic rings. The molecule has 0 aliphatic rings. The Kier molecular flexibility index (Phi) is 4.42. The SMILES string of the molecule is N#Cc1cnc2ccccc2c1NCC(O)c1ccccc1Cl. The molecule has 0 bridgehead atoms. The first-order valence-corrected chi connectivity index (χ1v) is 7.52. The van der Waals surface area contributed by atoms with E-state index in [0.29, 0.717) is 21.8 Å². The van der Waals surface area contributed by atoms with Gasteiger partial charge in [-0.3, -0.25) is 4.98 Å². The van der Waals surface area contributed by atoms with Crippen LogP contribution in [0.4, 0.5) is 5.69 Å². The molecule has 0 saturated carbocycles. The van der Waals surface area contributed by atoms with Crippen molar-refractivity contribution >= 4 is 28.2 Å². The van der Waals surface area contributed by atoms with Gasteiger partial charge in [0.2, 0.25) is 0 Å². The van der Waals surface area contributed by atoms with E-state index < -0.39 is 6.10 Å². The van der Waals surface area contributed by atoms with E-state index in [4.69, 9.17) is 11.6 Å². The number of fused-ring (bicyclic) bond motifs is 1. The van der Waals surface area contributed by atoms with Gasteiger partial charge in [0.05, 0.1) is 22.9 Å². The third-order valence-electron chi connectivity index (χ3n) is 3.63. The minimum Gasteiger partial charge on any atom is -0.387 e. The topological polar surface area (TPSA) is 68.9 Å². The maximum absolute atomic E-state index is 10.4. The van der Waals surface area contributed by atoms with Crippen LogP contribution in [0.3, 0.4) is 0 Å². The van der Waals surface area contributed by atoms with Gasteiger partial charge in [0, 0.05) is 28.7 Å². The minimum atomic E-state index is -0.776. The maximum atomic E-state index is 10.4. The molecular formula is C18H14ClN3O. The number of nitrogens with one attached hydrogen (secondary N) is 1. The standard InChI is InChI=1S/C18H14ClN3O/c19-15-7-3-1-5-13(15)17(23)11-22-18-12(9-20)10-21-16-8-4-2-6-14(16)18/h1-8,10,17,23H,11H2,(H,21,22). The molecule has 1 unspecified atom stereocenters. The van der Waals surface area contributed by atoms with Gasteiger partial charge in [0.25, 0.3) is 0 Å². The Hall–Kier alpha value is -2.61. The molecule has 0 radical (unpaired) electrons. The Labute approximate surface area is 139 Å². The third-order valence-corrected chi connectivity index (χ3v) is 3.98. The average molecular weight is 324 g/mol. The molecule has 2 aromatic carbocycles. The summed E-state index contributed by atoms with van der Waals surface area (Å²) in [6.45, 7) is 0.242. The molecule has 0 aliphatic carbocycles. The van der Waals surface area contributed by atoms with Crippen LogP contribution in [0.1, 0.15) is 17.2 Å². The van der Waals surface area contributed by atoms with E-state index in [0.717, 1.165) is 10.9 Å². The molecule has 2 N–H and O–H groups in total. The first kappa shape index (κ1) is 15.3. The van der Waals surface area contributed by atoms with Gasteiger partial charge in [-0.05, 0) is 12.1 Å². The Morgan fingerprint density at radius 2 is 1.91 bits per heavy atom. The van der Waals surface area contributed by atoms with Crippen LogP contribution in [0.2, 0.25) is 5.02 Å². The molecule has 3 rings (SSSR count). The maximum Gasteiger partial charge on any atom is 0.103 e. The Morgan fingerprint density at radius 1 is 1.17 bits per heavy atom. The van der Waals surface area contributed by atoms with Crippen molar-refractivity contribution < 1.29 is 5.11 Å². The van der Waals surface area contributed by atoms with Crippen LogP contribution in [0.15, 0.2) is 54.7 Å². The number of benzene rings is 2. The number of nitriles is 1. The number of para-hydroxylation sites is 1. The molecule has 1 aromatic heterocycles. The van der Waals surface area contributed by atoms with Gasteiger partial charge in [-0.1, -0.05) is 48.0 Å². The van der Waals surface area contributed by atoms with E-state index in [-0.39, 0.29) is 6.54 Å². The molecule has 1 heterocycles. The molecule has 1 atom stereocenters. The molecule has 4 nitrogen and oxygen atoms in total. The number of aromatic nitrogens is 1. The molecule has 0 fully saturated rings. The highest BCUT2D eigenvalue weighted by Crippen LogP contribution is 2.27. The zero-order valence-electron chi connectivity index (χ0n) is 12.2. The lowest BCUT2D eigenvalue weighted by molar-refractivity contribution is 0.192. The van der Waals surface area contributed by atoms with Gasteiger partial charge in [-0.25, -0.2) is 0 Å². The van der Waals surface area contributed by atoms with Crippen molar-refractivity contribution in [3.63, 3.8) is 0 Å². The van der Waals surface area contributed by atoms with Gasteiger partial charge < -0.3 is 10.4 Å². The van der Waals surface area contributed by atoms with Crippen LogP contribution in [0, 0.1) is 11.3 Å². The quantitative estimate of drug-likeness (QED) is 0.764. The number of anilines is 1. The second-order valence-corrected chi connectivity index (χ2v) is 5.50. The van der Waals surface area contributed by atoms with E-state index in [1.807, 2.05) is 36.4 Å². The number of aliphatic hydroxyl groups excluding tert-OH is 1. The summed E-state index contributed by atoms with van der Waals surface area (Å²) >= 11 is 6.10. The number of hydrogen-bond acceptors (Lipinski definition) is 4. The molecule has 0 aliphatic heterocycles. The average Bonchev–Trinajstić information content (AvgIpc) is 2.59. The van der Waals surface area contributed by atoms with E-state index >= 15 is 0 Å². The van der Waals surface area contributed by atoms with Gasteiger partial charge >= 0.3 is 0 Å². The van der Waals surface area contributed by atoms with Crippen molar-refractivity contribution in [1.29, 1.82) is 5.26 Å². The van der Waals surface area contributed by atoms with E-state index in [1.54, 1.807) is 12.1 Å². The lowest BCUT2D eigenvalue weighted by Gasteiger charge is -2.16. The van der Waals surface area contributed by atoms with Crippen LogP contribution < -0.4 is 5.32 Å². The van der Waals surface area contributed by atoms with Gasteiger partial charge in [0.15, 0.2) is 0 Å². The predicted octanol–water partition coefficient (Wildman–Crippen LogP) is 3.91. The smallest absolute Gasteiger partial charge is 0.103 e. The van der Waals surface area contributed by atoms with Crippen LogP contribution in [0.25, 0.3) is 10.9 Å². The van der Waals surface area contributed by atoms with Crippen LogP contribution in [-0.4, -0.2) is 16.6 Å². The number of nitrogens with zero attached hydrogens (tertiary/aromatic N) is 2. The molecular weight excluding hydrogens is 310 g/mol. The van der Waals surface area contributed by atoms with Crippen molar-refractivity contribution in [2.24, 2.45) is 0 Å². The number of aliphatic hydroxyl groups is 1. The summed E-state index contributed by atoms with van der Waals surface area (Å²) in [7, 11) is 0. The number of pyridine rings is 1. The van der Waals surface area contributed by atoms with Crippen LogP contribution in [0.5, 0.6) is 0 Å². The van der Waals surface area contributed by atoms with Gasteiger partial charge in [-0.2, -0.15) is 5.26 Å². The fraction of sp³-hybridized carbons (Fsp3) is 0.111. The molecule has 23 heavy (non-hydrogen) atoms. The zero-order valence-corrected chi connectivity index (χ0v) is 13.0. The highest BCUT2D eigenvalue weighted by Gasteiger charge is 2.13.